The van der Waals surface area contributed by atoms with Crippen LogP contribution in [0.5, 0.6) is 0 Å². The molecule has 4 nitrogen and oxygen atoms in total. The Hall–Kier alpha value is -2.05. The molecule has 24 heavy (non-hydrogen) atoms. The van der Waals surface area contributed by atoms with E-state index >= 15 is 0 Å². The molecule has 6 heteroatoms. The normalized spacial score (nSPS) is 11.5. The second-order valence-electron chi connectivity index (χ2n) is 5.53. The largest absolute Gasteiger partial charge is 0.261 e. The summed E-state index contributed by atoms with van der Waals surface area (Å²) in [6, 6.07) is 12.7. The Balaban J connectivity index is 2.13. The Morgan fingerprint density at radius 2 is 1.58 bits per heavy atom. The number of rotatable bonds is 3. The van der Waals surface area contributed by atoms with Gasteiger partial charge in [-0.3, -0.25) is 9.97 Å². The first-order chi connectivity index (χ1) is 11.3. The molecule has 0 amide bonds. The molecule has 3 aromatic rings. The highest BCUT2D eigenvalue weighted by atomic mass is 79.9. The fraction of sp³-hybridized carbons (Fsp3) is 0.111. The molecular formula is C18H15BrN2O2S. The van der Waals surface area contributed by atoms with Crippen molar-refractivity contribution in [3.05, 3.63) is 65.0 Å². The van der Waals surface area contributed by atoms with E-state index < -0.39 is 9.84 Å². The average Bonchev–Trinajstić information content (AvgIpc) is 2.55. The number of aryl methyl sites for hydroxylation is 1. The highest BCUT2D eigenvalue weighted by Crippen LogP contribution is 2.32. The molecular weight excluding hydrogens is 388 g/mol. The van der Waals surface area contributed by atoms with Crippen molar-refractivity contribution < 1.29 is 8.42 Å². The van der Waals surface area contributed by atoms with Gasteiger partial charge in [0.15, 0.2) is 9.84 Å². The molecule has 0 unspecified atom stereocenters. The maximum atomic E-state index is 11.6. The van der Waals surface area contributed by atoms with Crippen molar-refractivity contribution in [1.29, 1.82) is 0 Å². The van der Waals surface area contributed by atoms with Crippen LogP contribution in [0.2, 0.25) is 0 Å². The predicted octanol–water partition coefficient (Wildman–Crippen LogP) is 4.29. The molecule has 0 aliphatic heterocycles. The molecule has 0 aliphatic rings. The summed E-state index contributed by atoms with van der Waals surface area (Å²) in [6.45, 7) is 1.93. The third kappa shape index (κ3) is 3.55. The lowest BCUT2D eigenvalue weighted by Crippen LogP contribution is -1.97. The molecule has 0 bridgehead atoms. The van der Waals surface area contributed by atoms with Crippen LogP contribution in [0.25, 0.3) is 22.4 Å². The Bertz CT molecular complexity index is 983. The Kier molecular flexibility index (Phi) is 4.51. The van der Waals surface area contributed by atoms with Crippen LogP contribution in [0.1, 0.15) is 5.69 Å². The van der Waals surface area contributed by atoms with Gasteiger partial charge in [0.25, 0.3) is 0 Å². The zero-order valence-electron chi connectivity index (χ0n) is 13.2. The number of halogens is 1. The summed E-state index contributed by atoms with van der Waals surface area (Å²) >= 11 is 3.45. The van der Waals surface area contributed by atoms with Gasteiger partial charge in [-0.2, -0.15) is 0 Å². The van der Waals surface area contributed by atoms with Crippen molar-refractivity contribution in [1.82, 2.24) is 9.97 Å². The minimum Gasteiger partial charge on any atom is -0.261 e. The molecule has 0 radical (unpaired) electrons. The molecule has 0 fully saturated rings. The summed E-state index contributed by atoms with van der Waals surface area (Å²) in [5, 5.41) is 0. The summed E-state index contributed by atoms with van der Waals surface area (Å²) in [6.07, 6.45) is 4.73. The van der Waals surface area contributed by atoms with Crippen LogP contribution < -0.4 is 0 Å². The lowest BCUT2D eigenvalue weighted by Gasteiger charge is -2.10. The van der Waals surface area contributed by atoms with E-state index in [1.807, 2.05) is 25.1 Å². The number of benzene rings is 1. The molecule has 122 valence electrons. The number of pyridine rings is 2. The molecule has 2 heterocycles. The van der Waals surface area contributed by atoms with Gasteiger partial charge in [0.1, 0.15) is 0 Å². The molecule has 0 N–H and O–H groups in total. The van der Waals surface area contributed by atoms with Gasteiger partial charge in [0.05, 0.1) is 10.6 Å². The summed E-state index contributed by atoms with van der Waals surface area (Å²) < 4.78 is 24.1. The number of sulfone groups is 1. The van der Waals surface area contributed by atoms with E-state index in [9.17, 15) is 8.42 Å². The molecule has 1 aromatic carbocycles. The van der Waals surface area contributed by atoms with Crippen LogP contribution in [0.3, 0.4) is 0 Å². The first-order valence-electron chi connectivity index (χ1n) is 7.24. The van der Waals surface area contributed by atoms with Crippen molar-refractivity contribution in [2.75, 3.05) is 6.26 Å². The van der Waals surface area contributed by atoms with Gasteiger partial charge < -0.3 is 0 Å². The number of nitrogens with zero attached hydrogens (tertiary/aromatic N) is 2. The number of hydrogen-bond acceptors (Lipinski definition) is 4. The Labute approximate surface area is 149 Å². The molecule has 0 saturated carbocycles. The van der Waals surface area contributed by atoms with Gasteiger partial charge in [-0.15, -0.1) is 0 Å². The second kappa shape index (κ2) is 6.45. The van der Waals surface area contributed by atoms with Crippen LogP contribution in [0.4, 0.5) is 0 Å². The van der Waals surface area contributed by atoms with E-state index in [4.69, 9.17) is 0 Å². The van der Waals surface area contributed by atoms with E-state index in [-0.39, 0.29) is 0 Å². The van der Waals surface area contributed by atoms with Crippen molar-refractivity contribution in [3.8, 4) is 22.4 Å². The molecule has 0 spiro atoms. The fourth-order valence-electron chi connectivity index (χ4n) is 2.38. The summed E-state index contributed by atoms with van der Waals surface area (Å²) in [5.41, 5.74) is 4.46. The average molecular weight is 403 g/mol. The van der Waals surface area contributed by atoms with E-state index in [0.717, 1.165) is 32.6 Å². The summed E-state index contributed by atoms with van der Waals surface area (Å²) in [5.74, 6) is 0. The maximum Gasteiger partial charge on any atom is 0.175 e. The van der Waals surface area contributed by atoms with Crippen LogP contribution in [0.15, 0.2) is 64.2 Å². The van der Waals surface area contributed by atoms with Crippen LogP contribution in [-0.4, -0.2) is 24.6 Å². The Morgan fingerprint density at radius 3 is 2.17 bits per heavy atom. The quantitative estimate of drug-likeness (QED) is 0.655. The first-order valence-corrected chi connectivity index (χ1v) is 9.92. The maximum absolute atomic E-state index is 11.6. The highest BCUT2D eigenvalue weighted by molar-refractivity contribution is 9.10. The molecule has 0 aliphatic carbocycles. The van der Waals surface area contributed by atoms with E-state index in [2.05, 4.69) is 25.9 Å². The van der Waals surface area contributed by atoms with Crippen molar-refractivity contribution in [2.24, 2.45) is 0 Å². The Morgan fingerprint density at radius 1 is 0.917 bits per heavy atom. The summed E-state index contributed by atoms with van der Waals surface area (Å²) in [7, 11) is -3.21. The minimum atomic E-state index is -3.21. The topological polar surface area (TPSA) is 59.9 Å². The number of hydrogen-bond donors (Lipinski definition) is 0. The fourth-order valence-corrected chi connectivity index (χ4v) is 3.34. The molecule has 2 aromatic heterocycles. The standard InChI is InChI=1S/C18H15BrN2O2S/c1-12-3-4-14(10-20-12)18-17(9-15(19)11-21-18)13-5-7-16(8-6-13)24(2,22)23/h3-11H,1-2H3. The first kappa shape index (κ1) is 16.8. The zero-order chi connectivity index (χ0) is 17.3. The highest BCUT2D eigenvalue weighted by Gasteiger charge is 2.12. The third-order valence-electron chi connectivity index (χ3n) is 3.63. The third-order valence-corrected chi connectivity index (χ3v) is 5.19. The molecule has 0 saturated heterocycles. The van der Waals surface area contributed by atoms with E-state index in [1.54, 1.807) is 36.7 Å². The van der Waals surface area contributed by atoms with Crippen molar-refractivity contribution >= 4 is 25.8 Å². The van der Waals surface area contributed by atoms with E-state index in [1.165, 1.54) is 6.26 Å². The molecule has 3 rings (SSSR count). The zero-order valence-corrected chi connectivity index (χ0v) is 15.6. The van der Waals surface area contributed by atoms with Crippen molar-refractivity contribution in [2.45, 2.75) is 11.8 Å². The van der Waals surface area contributed by atoms with E-state index in [0.29, 0.717) is 4.90 Å². The second-order valence-corrected chi connectivity index (χ2v) is 8.47. The monoisotopic (exact) mass is 402 g/mol. The smallest absolute Gasteiger partial charge is 0.175 e. The number of aromatic nitrogens is 2. The van der Waals surface area contributed by atoms with Gasteiger partial charge in [0.2, 0.25) is 0 Å². The molecule has 0 atom stereocenters. The summed E-state index contributed by atoms with van der Waals surface area (Å²) in [4.78, 5) is 9.15. The lowest BCUT2D eigenvalue weighted by atomic mass is 10.0. The minimum absolute atomic E-state index is 0.299. The van der Waals surface area contributed by atoms with Crippen molar-refractivity contribution in [3.63, 3.8) is 0 Å². The van der Waals surface area contributed by atoms with Gasteiger partial charge in [0, 0.05) is 39.9 Å². The van der Waals surface area contributed by atoms with Crippen LogP contribution >= 0.6 is 15.9 Å². The van der Waals surface area contributed by atoms with Gasteiger partial charge in [-0.1, -0.05) is 12.1 Å². The van der Waals surface area contributed by atoms with Gasteiger partial charge >= 0.3 is 0 Å². The van der Waals surface area contributed by atoms with Gasteiger partial charge in [-0.25, -0.2) is 8.42 Å². The van der Waals surface area contributed by atoms with Crippen LogP contribution in [-0.2, 0) is 9.84 Å². The van der Waals surface area contributed by atoms with Crippen LogP contribution in [0, 0.1) is 6.92 Å². The SMILES string of the molecule is Cc1ccc(-c2ncc(Br)cc2-c2ccc(S(C)(=O)=O)cc2)cn1. The van der Waals surface area contributed by atoms with Gasteiger partial charge in [-0.05, 0) is 58.7 Å². The predicted molar refractivity (Wildman–Crippen MR) is 98.5 cm³/mol. The lowest BCUT2D eigenvalue weighted by molar-refractivity contribution is 0.602.